The summed E-state index contributed by atoms with van der Waals surface area (Å²) in [5.41, 5.74) is 6.47. The Kier molecular flexibility index (Phi) is 5.97. The lowest BCUT2D eigenvalue weighted by molar-refractivity contribution is -0.899. The van der Waals surface area contributed by atoms with Crippen LogP contribution in [0.3, 0.4) is 0 Å². The molecular weight excluding hydrogens is 346 g/mol. The molecule has 2 rings (SSSR count). The average molecular weight is 369 g/mol. The van der Waals surface area contributed by atoms with Crippen LogP contribution < -0.4 is 10.6 Å². The van der Waals surface area contributed by atoms with Crippen LogP contribution in [0.15, 0.2) is 28.7 Å². The second-order valence-electron chi connectivity index (χ2n) is 5.96. The summed E-state index contributed by atoms with van der Waals surface area (Å²) in [5, 5.41) is 0. The quantitative estimate of drug-likeness (QED) is 0.778. The van der Waals surface area contributed by atoms with Gasteiger partial charge in [-0.1, -0.05) is 34.1 Å². The second-order valence-corrected chi connectivity index (χ2v) is 6.82. The Morgan fingerprint density at radius 3 is 2.82 bits per heavy atom. The SMILES string of the molecule is CN(Cc1ccccc1Br)C(=O)C[NH+]1CCC[C@H](C(N)=O)C1. The van der Waals surface area contributed by atoms with E-state index in [1.165, 1.54) is 0 Å². The molecule has 1 aromatic rings. The van der Waals surface area contributed by atoms with Crippen LogP contribution in [0.5, 0.6) is 0 Å². The number of likely N-dealkylation sites (tertiary alicyclic amines) is 1. The topological polar surface area (TPSA) is 67.8 Å². The van der Waals surface area contributed by atoms with E-state index in [0.29, 0.717) is 19.6 Å². The van der Waals surface area contributed by atoms with E-state index in [1.807, 2.05) is 31.3 Å². The van der Waals surface area contributed by atoms with Gasteiger partial charge in [0.15, 0.2) is 6.54 Å². The van der Waals surface area contributed by atoms with Crippen LogP contribution in [0.2, 0.25) is 0 Å². The molecule has 1 fully saturated rings. The summed E-state index contributed by atoms with van der Waals surface area (Å²) >= 11 is 3.50. The standard InChI is InChI=1S/C16H22BrN3O2/c1-19(9-12-5-2-3-7-14(12)17)15(21)11-20-8-4-6-13(10-20)16(18)22/h2-3,5,7,13H,4,6,8-11H2,1H3,(H2,18,22)/p+1/t13-/m0/s1. The number of nitrogens with two attached hydrogens (primary N) is 1. The van der Waals surface area contributed by atoms with Gasteiger partial charge in [0.05, 0.1) is 19.0 Å². The highest BCUT2D eigenvalue weighted by atomic mass is 79.9. The molecule has 1 heterocycles. The molecule has 6 heteroatoms. The van der Waals surface area contributed by atoms with Crippen molar-refractivity contribution in [2.24, 2.45) is 11.7 Å². The predicted molar refractivity (Wildman–Crippen MR) is 88.1 cm³/mol. The number of quaternary nitrogens is 1. The van der Waals surface area contributed by atoms with Gasteiger partial charge in [-0.3, -0.25) is 9.59 Å². The summed E-state index contributed by atoms with van der Waals surface area (Å²) in [4.78, 5) is 26.6. The number of nitrogens with one attached hydrogen (secondary N) is 1. The largest absolute Gasteiger partial charge is 0.369 e. The highest BCUT2D eigenvalue weighted by Gasteiger charge is 2.29. The van der Waals surface area contributed by atoms with Gasteiger partial charge >= 0.3 is 0 Å². The first-order valence-electron chi connectivity index (χ1n) is 7.57. The number of amides is 2. The first-order chi connectivity index (χ1) is 10.5. The van der Waals surface area contributed by atoms with Gasteiger partial charge in [0, 0.05) is 18.1 Å². The Labute approximate surface area is 139 Å². The normalized spacial score (nSPS) is 21.4. The number of carbonyl (C=O) groups excluding carboxylic acids is 2. The fourth-order valence-corrected chi connectivity index (χ4v) is 3.28. The summed E-state index contributed by atoms with van der Waals surface area (Å²) in [6.07, 6.45) is 1.80. The van der Waals surface area contributed by atoms with Crippen molar-refractivity contribution < 1.29 is 14.5 Å². The van der Waals surface area contributed by atoms with Gasteiger partial charge in [-0.15, -0.1) is 0 Å². The molecule has 5 nitrogen and oxygen atoms in total. The lowest BCUT2D eigenvalue weighted by Crippen LogP contribution is -3.14. The third kappa shape index (κ3) is 4.55. The van der Waals surface area contributed by atoms with Crippen molar-refractivity contribution in [3.8, 4) is 0 Å². The summed E-state index contributed by atoms with van der Waals surface area (Å²) < 4.78 is 1.01. The highest BCUT2D eigenvalue weighted by molar-refractivity contribution is 9.10. The third-order valence-corrected chi connectivity index (χ3v) is 4.99. The van der Waals surface area contributed by atoms with Crippen molar-refractivity contribution in [1.82, 2.24) is 4.90 Å². The zero-order chi connectivity index (χ0) is 16.1. The number of primary amides is 1. The molecular formula is C16H23BrN3O2+. The van der Waals surface area contributed by atoms with Gasteiger partial charge in [0.2, 0.25) is 5.91 Å². The lowest BCUT2D eigenvalue weighted by atomic mass is 9.97. The van der Waals surface area contributed by atoms with Crippen molar-refractivity contribution in [3.05, 3.63) is 34.3 Å². The van der Waals surface area contributed by atoms with E-state index < -0.39 is 0 Å². The van der Waals surface area contributed by atoms with Crippen molar-refractivity contribution in [3.63, 3.8) is 0 Å². The molecule has 1 aliphatic heterocycles. The Morgan fingerprint density at radius 2 is 2.14 bits per heavy atom. The molecule has 22 heavy (non-hydrogen) atoms. The molecule has 0 aromatic heterocycles. The highest BCUT2D eigenvalue weighted by Crippen LogP contribution is 2.17. The molecule has 1 unspecified atom stereocenters. The minimum Gasteiger partial charge on any atom is -0.369 e. The number of likely N-dealkylation sites (N-methyl/N-ethyl adjacent to an activating group) is 1. The van der Waals surface area contributed by atoms with Gasteiger partial charge in [0.25, 0.3) is 5.91 Å². The van der Waals surface area contributed by atoms with E-state index >= 15 is 0 Å². The number of nitrogens with zero attached hydrogens (tertiary/aromatic N) is 1. The molecule has 0 radical (unpaired) electrons. The van der Waals surface area contributed by atoms with E-state index in [0.717, 1.165) is 34.3 Å². The third-order valence-electron chi connectivity index (χ3n) is 4.21. The van der Waals surface area contributed by atoms with Crippen LogP contribution in [0.25, 0.3) is 0 Å². The fourth-order valence-electron chi connectivity index (χ4n) is 2.87. The molecule has 0 aliphatic carbocycles. The molecule has 120 valence electrons. The van der Waals surface area contributed by atoms with E-state index in [1.54, 1.807) is 4.90 Å². The molecule has 1 saturated heterocycles. The first-order valence-corrected chi connectivity index (χ1v) is 8.37. The molecule has 1 aliphatic rings. The summed E-state index contributed by atoms with van der Waals surface area (Å²) in [6.45, 7) is 2.60. The van der Waals surface area contributed by atoms with Crippen LogP contribution in [0.4, 0.5) is 0 Å². The lowest BCUT2D eigenvalue weighted by Gasteiger charge is -2.29. The maximum atomic E-state index is 12.4. The fraction of sp³-hybridized carbons (Fsp3) is 0.500. The Bertz CT molecular complexity index is 550. The average Bonchev–Trinajstić information content (AvgIpc) is 2.49. The molecule has 0 bridgehead atoms. The Balaban J connectivity index is 1.88. The minimum atomic E-state index is -0.244. The molecule has 2 atom stereocenters. The molecule has 1 aromatic carbocycles. The van der Waals surface area contributed by atoms with Gasteiger partial charge in [-0.25, -0.2) is 0 Å². The molecule has 0 spiro atoms. The minimum absolute atomic E-state index is 0.0925. The van der Waals surface area contributed by atoms with Crippen molar-refractivity contribution in [1.29, 1.82) is 0 Å². The van der Waals surface area contributed by atoms with Crippen molar-refractivity contribution >= 4 is 27.7 Å². The number of halogens is 1. The predicted octanol–water partition coefficient (Wildman–Crippen LogP) is 0.188. The van der Waals surface area contributed by atoms with Crippen LogP contribution in [0.1, 0.15) is 18.4 Å². The monoisotopic (exact) mass is 368 g/mol. The Morgan fingerprint density at radius 1 is 1.41 bits per heavy atom. The zero-order valence-electron chi connectivity index (χ0n) is 12.8. The van der Waals surface area contributed by atoms with Crippen molar-refractivity contribution in [2.45, 2.75) is 19.4 Å². The van der Waals surface area contributed by atoms with E-state index in [9.17, 15) is 9.59 Å². The second kappa shape index (κ2) is 7.74. The number of carbonyl (C=O) groups is 2. The summed E-state index contributed by atoms with van der Waals surface area (Å²) in [7, 11) is 1.82. The van der Waals surface area contributed by atoms with Gasteiger partial charge in [-0.05, 0) is 24.5 Å². The van der Waals surface area contributed by atoms with Crippen molar-refractivity contribution in [2.75, 3.05) is 26.7 Å². The van der Waals surface area contributed by atoms with Crippen LogP contribution >= 0.6 is 15.9 Å². The summed E-state index contributed by atoms with van der Waals surface area (Å²) in [5.74, 6) is -0.243. The van der Waals surface area contributed by atoms with E-state index in [-0.39, 0.29) is 17.7 Å². The molecule has 2 amide bonds. The molecule has 3 N–H and O–H groups in total. The van der Waals surface area contributed by atoms with Gasteiger partial charge < -0.3 is 15.5 Å². The Hall–Kier alpha value is -1.40. The van der Waals surface area contributed by atoms with E-state index in [4.69, 9.17) is 5.73 Å². The van der Waals surface area contributed by atoms with E-state index in [2.05, 4.69) is 15.9 Å². The number of rotatable bonds is 5. The maximum Gasteiger partial charge on any atom is 0.277 e. The molecule has 0 saturated carbocycles. The smallest absolute Gasteiger partial charge is 0.277 e. The first kappa shape index (κ1) is 17.0. The summed E-state index contributed by atoms with van der Waals surface area (Å²) in [6, 6.07) is 7.90. The maximum absolute atomic E-state index is 12.4. The number of piperidine rings is 1. The number of hydrogen-bond acceptors (Lipinski definition) is 2. The van der Waals surface area contributed by atoms with Gasteiger partial charge in [0.1, 0.15) is 0 Å². The van der Waals surface area contributed by atoms with Crippen LogP contribution in [0, 0.1) is 5.92 Å². The van der Waals surface area contributed by atoms with Crippen LogP contribution in [-0.4, -0.2) is 43.4 Å². The van der Waals surface area contributed by atoms with Gasteiger partial charge in [-0.2, -0.15) is 0 Å². The van der Waals surface area contributed by atoms with Crippen LogP contribution in [-0.2, 0) is 16.1 Å². The number of benzene rings is 1. The zero-order valence-corrected chi connectivity index (χ0v) is 14.4. The number of hydrogen-bond donors (Lipinski definition) is 2.